The minimum Gasteiger partial charge on any atom is -0.352 e. The molecule has 3 amide bonds. The highest BCUT2D eigenvalue weighted by molar-refractivity contribution is 5.89. The van der Waals surface area contributed by atoms with Crippen LogP contribution in [0.15, 0.2) is 0 Å². The first-order valence-electron chi connectivity index (χ1n) is 7.29. The number of hydrogen-bond donors (Lipinski definition) is 4. The lowest BCUT2D eigenvalue weighted by Crippen LogP contribution is -2.49. The first kappa shape index (κ1) is 19.4. The molecule has 0 rings (SSSR count). The van der Waals surface area contributed by atoms with Crippen LogP contribution in [0, 0.1) is 5.92 Å². The lowest BCUT2D eigenvalue weighted by Gasteiger charge is -2.22. The summed E-state index contributed by atoms with van der Waals surface area (Å²) < 4.78 is 0. The Morgan fingerprint density at radius 2 is 1.76 bits per heavy atom. The van der Waals surface area contributed by atoms with Crippen molar-refractivity contribution in [2.45, 2.75) is 52.1 Å². The minimum atomic E-state index is -0.592. The van der Waals surface area contributed by atoms with Gasteiger partial charge in [0.15, 0.2) is 5.78 Å². The zero-order valence-corrected chi connectivity index (χ0v) is 13.4. The molecule has 2 atom stereocenters. The van der Waals surface area contributed by atoms with Crippen LogP contribution in [-0.4, -0.2) is 43.4 Å². The zero-order chi connectivity index (χ0) is 16.4. The summed E-state index contributed by atoms with van der Waals surface area (Å²) in [4.78, 5) is 34.3. The summed E-state index contributed by atoms with van der Waals surface area (Å²) in [6.45, 7) is 5.91. The van der Waals surface area contributed by atoms with Gasteiger partial charge in [0.25, 0.3) is 0 Å². The quantitative estimate of drug-likeness (QED) is 0.430. The second kappa shape index (κ2) is 10.1. The first-order chi connectivity index (χ1) is 9.77. The molecule has 5 N–H and O–H groups in total. The normalized spacial score (nSPS) is 13.6. The van der Waals surface area contributed by atoms with Crippen molar-refractivity contribution >= 4 is 17.7 Å². The summed E-state index contributed by atoms with van der Waals surface area (Å²) >= 11 is 0. The standard InChI is InChI=1S/C14H28N4O3/c1-9(2)8-12(16-4)13(20)18-11(10(3)19)6-5-7-17-14(15)21/h9,11-12,16H,5-8H2,1-4H3,(H,18,20)(H3,15,17,21)/t11-,12-/m0/s1. The number of rotatable bonds is 10. The van der Waals surface area contributed by atoms with Crippen LogP contribution in [0.25, 0.3) is 0 Å². The number of ketones is 1. The minimum absolute atomic E-state index is 0.0955. The summed E-state index contributed by atoms with van der Waals surface area (Å²) in [5.41, 5.74) is 4.96. The molecule has 0 saturated heterocycles. The summed E-state index contributed by atoms with van der Waals surface area (Å²) in [5, 5.41) is 8.18. The lowest BCUT2D eigenvalue weighted by atomic mass is 10.0. The predicted octanol–water partition coefficient (Wildman–Crippen LogP) is 0.143. The Labute approximate surface area is 126 Å². The number of primary amides is 1. The Morgan fingerprint density at radius 1 is 1.14 bits per heavy atom. The summed E-state index contributed by atoms with van der Waals surface area (Å²) in [7, 11) is 1.73. The van der Waals surface area contributed by atoms with E-state index in [9.17, 15) is 14.4 Å². The van der Waals surface area contributed by atoms with Gasteiger partial charge in [0.2, 0.25) is 5.91 Å². The Kier molecular flexibility index (Phi) is 9.36. The number of likely N-dealkylation sites (N-methyl/N-ethyl adjacent to an activating group) is 1. The van der Waals surface area contributed by atoms with Crippen molar-refractivity contribution < 1.29 is 14.4 Å². The van der Waals surface area contributed by atoms with E-state index in [0.717, 1.165) is 0 Å². The van der Waals surface area contributed by atoms with E-state index in [1.165, 1.54) is 6.92 Å². The number of nitrogens with one attached hydrogen (secondary N) is 3. The first-order valence-corrected chi connectivity index (χ1v) is 7.29. The lowest BCUT2D eigenvalue weighted by molar-refractivity contribution is -0.128. The molecule has 0 unspecified atom stereocenters. The van der Waals surface area contributed by atoms with E-state index in [2.05, 4.69) is 16.0 Å². The topological polar surface area (TPSA) is 113 Å². The predicted molar refractivity (Wildman–Crippen MR) is 81.7 cm³/mol. The maximum Gasteiger partial charge on any atom is 0.312 e. The number of carbonyl (C=O) groups excluding carboxylic acids is 3. The molecule has 122 valence electrons. The van der Waals surface area contributed by atoms with Gasteiger partial charge in [-0.25, -0.2) is 4.79 Å². The molecule has 7 nitrogen and oxygen atoms in total. The van der Waals surface area contributed by atoms with E-state index in [1.807, 2.05) is 13.8 Å². The van der Waals surface area contributed by atoms with Crippen LogP contribution in [0.2, 0.25) is 0 Å². The highest BCUT2D eigenvalue weighted by atomic mass is 16.2. The Hall–Kier alpha value is -1.63. The second-order valence-corrected chi connectivity index (χ2v) is 5.58. The van der Waals surface area contributed by atoms with E-state index >= 15 is 0 Å². The highest BCUT2D eigenvalue weighted by Crippen LogP contribution is 2.06. The number of carbonyl (C=O) groups is 3. The van der Waals surface area contributed by atoms with Gasteiger partial charge in [-0.05, 0) is 39.2 Å². The molecule has 0 bridgehead atoms. The van der Waals surface area contributed by atoms with Gasteiger partial charge in [-0.3, -0.25) is 9.59 Å². The van der Waals surface area contributed by atoms with Gasteiger partial charge in [0.05, 0.1) is 12.1 Å². The van der Waals surface area contributed by atoms with Gasteiger partial charge in [-0.2, -0.15) is 0 Å². The Balaban J connectivity index is 4.37. The number of amides is 3. The van der Waals surface area contributed by atoms with Crippen molar-refractivity contribution in [1.82, 2.24) is 16.0 Å². The van der Waals surface area contributed by atoms with Crippen LogP contribution >= 0.6 is 0 Å². The fraction of sp³-hybridized carbons (Fsp3) is 0.786. The van der Waals surface area contributed by atoms with Crippen LogP contribution in [0.5, 0.6) is 0 Å². The van der Waals surface area contributed by atoms with Crippen molar-refractivity contribution in [3.05, 3.63) is 0 Å². The van der Waals surface area contributed by atoms with Crippen molar-refractivity contribution in [1.29, 1.82) is 0 Å². The molecule has 0 aromatic heterocycles. The third-order valence-corrected chi connectivity index (χ3v) is 3.15. The molecule has 0 aliphatic carbocycles. The molecule has 0 aliphatic rings. The maximum atomic E-state index is 12.1. The third kappa shape index (κ3) is 9.01. The molecule has 0 radical (unpaired) electrons. The van der Waals surface area contributed by atoms with E-state index < -0.39 is 12.1 Å². The van der Waals surface area contributed by atoms with E-state index in [-0.39, 0.29) is 17.7 Å². The molecule has 0 spiro atoms. The number of hydrogen-bond acceptors (Lipinski definition) is 4. The van der Waals surface area contributed by atoms with Crippen molar-refractivity contribution in [2.24, 2.45) is 11.7 Å². The van der Waals surface area contributed by atoms with Crippen LogP contribution < -0.4 is 21.7 Å². The van der Waals surface area contributed by atoms with Gasteiger partial charge < -0.3 is 21.7 Å². The van der Waals surface area contributed by atoms with Crippen molar-refractivity contribution in [2.75, 3.05) is 13.6 Å². The maximum absolute atomic E-state index is 12.1. The molecule has 0 saturated carbocycles. The number of nitrogens with two attached hydrogens (primary N) is 1. The van der Waals surface area contributed by atoms with Crippen molar-refractivity contribution in [3.63, 3.8) is 0 Å². The molecule has 0 fully saturated rings. The monoisotopic (exact) mass is 300 g/mol. The molecular weight excluding hydrogens is 272 g/mol. The summed E-state index contributed by atoms with van der Waals surface area (Å²) in [5.74, 6) is 0.111. The average Bonchev–Trinajstić information content (AvgIpc) is 2.38. The third-order valence-electron chi connectivity index (χ3n) is 3.15. The SMILES string of the molecule is CN[C@@H](CC(C)C)C(=O)N[C@@H](CCCNC(N)=O)C(C)=O. The van der Waals surface area contributed by atoms with Gasteiger partial charge in [0, 0.05) is 6.54 Å². The highest BCUT2D eigenvalue weighted by Gasteiger charge is 2.22. The van der Waals surface area contributed by atoms with Gasteiger partial charge >= 0.3 is 6.03 Å². The van der Waals surface area contributed by atoms with Gasteiger partial charge in [0.1, 0.15) is 0 Å². The number of urea groups is 1. The van der Waals surface area contributed by atoms with E-state index in [1.54, 1.807) is 7.05 Å². The molecule has 21 heavy (non-hydrogen) atoms. The second-order valence-electron chi connectivity index (χ2n) is 5.58. The van der Waals surface area contributed by atoms with E-state index in [0.29, 0.717) is 31.7 Å². The zero-order valence-electron chi connectivity index (χ0n) is 13.4. The molecular formula is C14H28N4O3. The largest absolute Gasteiger partial charge is 0.352 e. The van der Waals surface area contributed by atoms with Crippen LogP contribution in [0.1, 0.15) is 40.0 Å². The fourth-order valence-electron chi connectivity index (χ4n) is 1.99. The molecule has 0 aromatic carbocycles. The molecule has 0 aromatic rings. The smallest absolute Gasteiger partial charge is 0.312 e. The van der Waals surface area contributed by atoms with Crippen molar-refractivity contribution in [3.8, 4) is 0 Å². The van der Waals surface area contributed by atoms with Gasteiger partial charge in [-0.15, -0.1) is 0 Å². The van der Waals surface area contributed by atoms with Crippen LogP contribution in [0.4, 0.5) is 4.79 Å². The molecule has 7 heteroatoms. The van der Waals surface area contributed by atoms with Crippen LogP contribution in [0.3, 0.4) is 0 Å². The summed E-state index contributed by atoms with van der Waals surface area (Å²) in [6.07, 6.45) is 1.75. The Morgan fingerprint density at radius 3 is 2.19 bits per heavy atom. The molecule has 0 heterocycles. The van der Waals surface area contributed by atoms with Gasteiger partial charge in [-0.1, -0.05) is 13.8 Å². The number of Topliss-reactive ketones (excluding diaryl/α,β-unsaturated/α-hetero) is 1. The Bertz CT molecular complexity index is 358. The van der Waals surface area contributed by atoms with Crippen LogP contribution in [-0.2, 0) is 9.59 Å². The average molecular weight is 300 g/mol. The fourth-order valence-corrected chi connectivity index (χ4v) is 1.99. The molecule has 0 aliphatic heterocycles. The van der Waals surface area contributed by atoms with E-state index in [4.69, 9.17) is 5.73 Å². The summed E-state index contributed by atoms with van der Waals surface area (Å²) in [6, 6.07) is -1.43.